The van der Waals surface area contributed by atoms with E-state index in [1.54, 1.807) is 19.1 Å². The standard InChI is InChI=1S/C11H9N3O3/c1-7-6-12-11(15)13-10(7)8-3-2-4-9(5-8)14(16)17/h2-6H,1H3,(H,12,13,15). The Kier molecular flexibility index (Phi) is 2.70. The Balaban J connectivity index is 2.60. The predicted molar refractivity (Wildman–Crippen MR) is 61.7 cm³/mol. The molecule has 0 bridgehead atoms. The van der Waals surface area contributed by atoms with Gasteiger partial charge in [0.15, 0.2) is 0 Å². The number of non-ortho nitro benzene ring substituents is 1. The molecule has 0 aliphatic heterocycles. The van der Waals surface area contributed by atoms with Gasteiger partial charge in [0, 0.05) is 23.9 Å². The van der Waals surface area contributed by atoms with Crippen LogP contribution in [0.2, 0.25) is 0 Å². The zero-order valence-corrected chi connectivity index (χ0v) is 9.01. The van der Waals surface area contributed by atoms with Gasteiger partial charge in [0.05, 0.1) is 10.6 Å². The molecule has 0 saturated carbocycles. The van der Waals surface area contributed by atoms with E-state index in [1.807, 2.05) is 0 Å². The van der Waals surface area contributed by atoms with E-state index in [0.717, 1.165) is 5.56 Å². The van der Waals surface area contributed by atoms with Gasteiger partial charge in [0.2, 0.25) is 0 Å². The van der Waals surface area contributed by atoms with Gasteiger partial charge in [-0.15, -0.1) is 0 Å². The summed E-state index contributed by atoms with van der Waals surface area (Å²) in [6.45, 7) is 1.77. The van der Waals surface area contributed by atoms with Crippen LogP contribution in [0.15, 0.2) is 35.3 Å². The molecule has 1 aromatic carbocycles. The normalized spacial score (nSPS) is 10.2. The molecule has 0 aliphatic carbocycles. The highest BCUT2D eigenvalue weighted by Crippen LogP contribution is 2.23. The second kappa shape index (κ2) is 4.17. The van der Waals surface area contributed by atoms with Crippen LogP contribution in [0.4, 0.5) is 5.69 Å². The molecule has 0 unspecified atom stereocenters. The van der Waals surface area contributed by atoms with Gasteiger partial charge >= 0.3 is 5.69 Å². The van der Waals surface area contributed by atoms with Gasteiger partial charge in [0.25, 0.3) is 5.69 Å². The van der Waals surface area contributed by atoms with Crippen LogP contribution in [0.3, 0.4) is 0 Å². The van der Waals surface area contributed by atoms with Crippen molar-refractivity contribution in [1.82, 2.24) is 9.97 Å². The quantitative estimate of drug-likeness (QED) is 0.628. The van der Waals surface area contributed by atoms with E-state index >= 15 is 0 Å². The first kappa shape index (κ1) is 11.0. The third-order valence-corrected chi connectivity index (χ3v) is 2.35. The molecule has 6 nitrogen and oxygen atoms in total. The lowest BCUT2D eigenvalue weighted by atomic mass is 10.1. The topological polar surface area (TPSA) is 88.9 Å². The van der Waals surface area contributed by atoms with Crippen molar-refractivity contribution in [3.8, 4) is 11.3 Å². The van der Waals surface area contributed by atoms with E-state index in [2.05, 4.69) is 9.97 Å². The average Bonchev–Trinajstić information content (AvgIpc) is 2.32. The lowest BCUT2D eigenvalue weighted by molar-refractivity contribution is -0.384. The van der Waals surface area contributed by atoms with Gasteiger partial charge in [-0.25, -0.2) is 9.78 Å². The summed E-state index contributed by atoms with van der Waals surface area (Å²) in [4.78, 5) is 27.5. The van der Waals surface area contributed by atoms with Gasteiger partial charge in [-0.2, -0.15) is 0 Å². The van der Waals surface area contributed by atoms with Crippen molar-refractivity contribution < 1.29 is 4.92 Å². The molecule has 2 rings (SSSR count). The summed E-state index contributed by atoms with van der Waals surface area (Å²) in [5.41, 5.74) is 1.41. The van der Waals surface area contributed by atoms with E-state index in [9.17, 15) is 14.9 Å². The highest BCUT2D eigenvalue weighted by Gasteiger charge is 2.09. The molecule has 0 aliphatic rings. The fourth-order valence-electron chi connectivity index (χ4n) is 1.53. The Morgan fingerprint density at radius 2 is 2.18 bits per heavy atom. The minimum Gasteiger partial charge on any atom is -0.305 e. The predicted octanol–water partition coefficient (Wildman–Crippen LogP) is 1.65. The van der Waals surface area contributed by atoms with Crippen LogP contribution in [0.5, 0.6) is 0 Å². The monoisotopic (exact) mass is 231 g/mol. The largest absolute Gasteiger partial charge is 0.345 e. The maximum absolute atomic E-state index is 11.1. The molecule has 17 heavy (non-hydrogen) atoms. The van der Waals surface area contributed by atoms with Crippen LogP contribution >= 0.6 is 0 Å². The Labute approximate surface area is 96.1 Å². The first-order valence-electron chi connectivity index (χ1n) is 4.88. The number of aromatic amines is 1. The van der Waals surface area contributed by atoms with Gasteiger partial charge in [0.1, 0.15) is 0 Å². The number of hydrogen-bond acceptors (Lipinski definition) is 4. The number of rotatable bonds is 2. The molecule has 0 saturated heterocycles. The van der Waals surface area contributed by atoms with Crippen molar-refractivity contribution in [2.24, 2.45) is 0 Å². The Bertz CT molecular complexity index is 634. The number of aryl methyl sites for hydroxylation is 1. The van der Waals surface area contributed by atoms with Crippen LogP contribution in [-0.2, 0) is 0 Å². The summed E-state index contributed by atoms with van der Waals surface area (Å²) in [5, 5.41) is 10.7. The molecule has 0 spiro atoms. The van der Waals surface area contributed by atoms with Gasteiger partial charge < -0.3 is 4.98 Å². The second-order valence-electron chi connectivity index (χ2n) is 3.55. The summed E-state index contributed by atoms with van der Waals surface area (Å²) in [6, 6.07) is 6.09. The van der Waals surface area contributed by atoms with Crippen molar-refractivity contribution in [2.75, 3.05) is 0 Å². The number of nitrogens with one attached hydrogen (secondary N) is 1. The van der Waals surface area contributed by atoms with Gasteiger partial charge in [-0.1, -0.05) is 12.1 Å². The summed E-state index contributed by atoms with van der Waals surface area (Å²) in [5.74, 6) is 0. The smallest absolute Gasteiger partial charge is 0.305 e. The summed E-state index contributed by atoms with van der Waals surface area (Å²) in [7, 11) is 0. The Morgan fingerprint density at radius 1 is 1.41 bits per heavy atom. The molecule has 6 heteroatoms. The molecule has 1 heterocycles. The van der Waals surface area contributed by atoms with Crippen LogP contribution in [-0.4, -0.2) is 14.9 Å². The summed E-state index contributed by atoms with van der Waals surface area (Å²) < 4.78 is 0. The number of nitro benzene ring substituents is 1. The van der Waals surface area contributed by atoms with Gasteiger partial charge in [-0.05, 0) is 12.5 Å². The number of hydrogen-bond donors (Lipinski definition) is 1. The number of H-pyrrole nitrogens is 1. The molecule has 2 aromatic rings. The third-order valence-electron chi connectivity index (χ3n) is 2.35. The van der Waals surface area contributed by atoms with Gasteiger partial charge in [-0.3, -0.25) is 10.1 Å². The first-order chi connectivity index (χ1) is 8.08. The first-order valence-corrected chi connectivity index (χ1v) is 4.88. The average molecular weight is 231 g/mol. The maximum Gasteiger partial charge on any atom is 0.345 e. The second-order valence-corrected chi connectivity index (χ2v) is 3.55. The molecule has 86 valence electrons. The Morgan fingerprint density at radius 3 is 2.88 bits per heavy atom. The molecule has 0 amide bonds. The fraction of sp³-hybridized carbons (Fsp3) is 0.0909. The van der Waals surface area contributed by atoms with E-state index in [-0.39, 0.29) is 5.69 Å². The summed E-state index contributed by atoms with van der Waals surface area (Å²) >= 11 is 0. The van der Waals surface area contributed by atoms with Crippen molar-refractivity contribution in [3.63, 3.8) is 0 Å². The maximum atomic E-state index is 11.1. The minimum absolute atomic E-state index is 0.0143. The molecule has 1 aromatic heterocycles. The van der Waals surface area contributed by atoms with E-state index in [4.69, 9.17) is 0 Å². The van der Waals surface area contributed by atoms with E-state index < -0.39 is 10.6 Å². The van der Waals surface area contributed by atoms with E-state index in [0.29, 0.717) is 11.3 Å². The number of aromatic nitrogens is 2. The minimum atomic E-state index is -0.475. The highest BCUT2D eigenvalue weighted by molar-refractivity contribution is 5.64. The van der Waals surface area contributed by atoms with Crippen LogP contribution in [0.1, 0.15) is 5.56 Å². The van der Waals surface area contributed by atoms with Crippen LogP contribution < -0.4 is 5.69 Å². The van der Waals surface area contributed by atoms with Crippen molar-refractivity contribution in [1.29, 1.82) is 0 Å². The fourth-order valence-corrected chi connectivity index (χ4v) is 1.53. The lowest BCUT2D eigenvalue weighted by Gasteiger charge is -2.04. The zero-order chi connectivity index (χ0) is 12.4. The molecule has 0 fully saturated rings. The number of benzene rings is 1. The third kappa shape index (κ3) is 2.20. The zero-order valence-electron chi connectivity index (χ0n) is 9.01. The lowest BCUT2D eigenvalue weighted by Crippen LogP contribution is -2.11. The molecule has 1 N–H and O–H groups in total. The number of nitro groups is 1. The van der Waals surface area contributed by atoms with Crippen LogP contribution in [0, 0.1) is 17.0 Å². The molecular weight excluding hydrogens is 222 g/mol. The molecule has 0 atom stereocenters. The van der Waals surface area contributed by atoms with E-state index in [1.165, 1.54) is 18.3 Å². The van der Waals surface area contributed by atoms with Crippen molar-refractivity contribution in [2.45, 2.75) is 6.92 Å². The van der Waals surface area contributed by atoms with Crippen molar-refractivity contribution in [3.05, 3.63) is 56.6 Å². The van der Waals surface area contributed by atoms with Crippen LogP contribution in [0.25, 0.3) is 11.3 Å². The highest BCUT2D eigenvalue weighted by atomic mass is 16.6. The molecule has 0 radical (unpaired) electrons. The number of nitrogens with zero attached hydrogens (tertiary/aromatic N) is 2. The molecular formula is C11H9N3O3. The van der Waals surface area contributed by atoms with Crippen molar-refractivity contribution >= 4 is 5.69 Å². The SMILES string of the molecule is Cc1cnc(=O)[nH]c1-c1cccc([N+](=O)[O-])c1. The summed E-state index contributed by atoms with van der Waals surface area (Å²) in [6.07, 6.45) is 1.44. The Hall–Kier alpha value is -2.50.